The molecule has 17 heavy (non-hydrogen) atoms. The normalized spacial score (nSPS) is 28.4. The molecule has 0 aromatic rings. The molecule has 0 fully saturated rings. The van der Waals surface area contributed by atoms with Crippen molar-refractivity contribution in [3.63, 3.8) is 0 Å². The van der Waals surface area contributed by atoms with Crippen molar-refractivity contribution in [2.75, 3.05) is 13.2 Å². The minimum Gasteiger partial charge on any atom is -0.475 e. The summed E-state index contributed by atoms with van der Waals surface area (Å²) in [6.07, 6.45) is 2.50. The number of aliphatic hydroxyl groups is 1. The fourth-order valence-corrected chi connectivity index (χ4v) is 2.03. The number of carboxylic acids is 1. The molecular weight excluding hydrogens is 224 g/mol. The summed E-state index contributed by atoms with van der Waals surface area (Å²) in [6.45, 7) is 4.38. The highest BCUT2D eigenvalue weighted by atomic mass is 16.7. The van der Waals surface area contributed by atoms with Crippen LogP contribution in [0.2, 0.25) is 0 Å². The fourth-order valence-electron chi connectivity index (χ4n) is 2.03. The SMILES string of the molecule is CCO[C@H]1OC(C(=O)O)=C[C@@H](C)[C@@H]1CCCO. The minimum absolute atomic E-state index is 0.0452. The number of carbonyl (C=O) groups is 1. The van der Waals surface area contributed by atoms with Crippen LogP contribution < -0.4 is 0 Å². The second kappa shape index (κ2) is 6.61. The van der Waals surface area contributed by atoms with E-state index in [1.807, 2.05) is 13.8 Å². The van der Waals surface area contributed by atoms with Crippen molar-refractivity contribution in [2.24, 2.45) is 11.8 Å². The Kier molecular flexibility index (Phi) is 5.44. The van der Waals surface area contributed by atoms with Gasteiger partial charge in [-0.15, -0.1) is 0 Å². The Morgan fingerprint density at radius 2 is 2.29 bits per heavy atom. The molecule has 0 radical (unpaired) electrons. The van der Waals surface area contributed by atoms with E-state index < -0.39 is 12.3 Å². The first kappa shape index (κ1) is 14.0. The number of hydrogen-bond donors (Lipinski definition) is 2. The molecule has 5 heteroatoms. The highest BCUT2D eigenvalue weighted by Gasteiger charge is 2.34. The third-order valence-corrected chi connectivity index (χ3v) is 2.92. The lowest BCUT2D eigenvalue weighted by atomic mass is 9.87. The molecule has 0 bridgehead atoms. The first-order valence-corrected chi connectivity index (χ1v) is 5.94. The van der Waals surface area contributed by atoms with E-state index in [1.165, 1.54) is 0 Å². The van der Waals surface area contributed by atoms with Crippen LogP contribution in [-0.2, 0) is 14.3 Å². The Bertz CT molecular complexity index is 287. The molecule has 98 valence electrons. The van der Waals surface area contributed by atoms with E-state index in [4.69, 9.17) is 19.7 Å². The van der Waals surface area contributed by atoms with Crippen molar-refractivity contribution < 1.29 is 24.5 Å². The Hall–Kier alpha value is -1.07. The van der Waals surface area contributed by atoms with E-state index in [-0.39, 0.29) is 24.2 Å². The van der Waals surface area contributed by atoms with Gasteiger partial charge in [0.05, 0.1) is 0 Å². The molecule has 1 aliphatic heterocycles. The molecule has 1 heterocycles. The van der Waals surface area contributed by atoms with Gasteiger partial charge in [0.2, 0.25) is 12.0 Å². The molecule has 0 aliphatic carbocycles. The Balaban J connectivity index is 2.76. The Morgan fingerprint density at radius 3 is 2.82 bits per heavy atom. The van der Waals surface area contributed by atoms with Crippen LogP contribution in [0.3, 0.4) is 0 Å². The maximum Gasteiger partial charge on any atom is 0.370 e. The third kappa shape index (κ3) is 3.71. The van der Waals surface area contributed by atoms with E-state index in [1.54, 1.807) is 6.08 Å². The summed E-state index contributed by atoms with van der Waals surface area (Å²) >= 11 is 0. The third-order valence-electron chi connectivity index (χ3n) is 2.92. The number of rotatable bonds is 6. The predicted molar refractivity (Wildman–Crippen MR) is 61.2 cm³/mol. The smallest absolute Gasteiger partial charge is 0.370 e. The molecular formula is C12H20O5. The van der Waals surface area contributed by atoms with E-state index in [0.717, 1.165) is 6.42 Å². The van der Waals surface area contributed by atoms with Crippen LogP contribution in [0.4, 0.5) is 0 Å². The highest BCUT2D eigenvalue weighted by molar-refractivity contribution is 5.84. The largest absolute Gasteiger partial charge is 0.475 e. The lowest BCUT2D eigenvalue weighted by Gasteiger charge is -2.34. The summed E-state index contributed by atoms with van der Waals surface area (Å²) in [5, 5.41) is 17.8. The average molecular weight is 244 g/mol. The number of carboxylic acid groups (broad SMARTS) is 1. The number of aliphatic hydroxyl groups excluding tert-OH is 1. The summed E-state index contributed by atoms with van der Waals surface area (Å²) in [5.74, 6) is -0.957. The zero-order valence-electron chi connectivity index (χ0n) is 10.3. The minimum atomic E-state index is -1.07. The Labute approximate surface area is 101 Å². The lowest BCUT2D eigenvalue weighted by molar-refractivity contribution is -0.176. The maximum absolute atomic E-state index is 10.9. The van der Waals surface area contributed by atoms with Crippen LogP contribution in [0.1, 0.15) is 26.7 Å². The molecule has 0 saturated heterocycles. The van der Waals surface area contributed by atoms with Crippen molar-refractivity contribution >= 4 is 5.97 Å². The van der Waals surface area contributed by atoms with E-state index in [9.17, 15) is 4.79 Å². The summed E-state index contributed by atoms with van der Waals surface area (Å²) in [5.41, 5.74) is 0. The van der Waals surface area contributed by atoms with Gasteiger partial charge in [-0.2, -0.15) is 0 Å². The molecule has 0 aromatic carbocycles. The molecule has 1 aliphatic rings. The summed E-state index contributed by atoms with van der Waals surface area (Å²) < 4.78 is 10.8. The van der Waals surface area contributed by atoms with Crippen molar-refractivity contribution in [3.8, 4) is 0 Å². The van der Waals surface area contributed by atoms with Crippen molar-refractivity contribution in [2.45, 2.75) is 33.0 Å². The number of ether oxygens (including phenoxy) is 2. The zero-order chi connectivity index (χ0) is 12.8. The average Bonchev–Trinajstić information content (AvgIpc) is 2.28. The molecule has 0 spiro atoms. The van der Waals surface area contributed by atoms with Crippen LogP contribution >= 0.6 is 0 Å². The predicted octanol–water partition coefficient (Wildman–Crippen LogP) is 1.37. The zero-order valence-corrected chi connectivity index (χ0v) is 10.3. The molecule has 0 saturated carbocycles. The van der Waals surface area contributed by atoms with Crippen molar-refractivity contribution in [1.29, 1.82) is 0 Å². The Morgan fingerprint density at radius 1 is 1.59 bits per heavy atom. The number of allylic oxidation sites excluding steroid dienone is 1. The van der Waals surface area contributed by atoms with Crippen molar-refractivity contribution in [3.05, 3.63) is 11.8 Å². The van der Waals surface area contributed by atoms with Crippen LogP contribution in [0.5, 0.6) is 0 Å². The van der Waals surface area contributed by atoms with Gasteiger partial charge in [0.25, 0.3) is 0 Å². The molecule has 3 atom stereocenters. The van der Waals surface area contributed by atoms with E-state index in [2.05, 4.69) is 0 Å². The van der Waals surface area contributed by atoms with Crippen molar-refractivity contribution in [1.82, 2.24) is 0 Å². The van der Waals surface area contributed by atoms with Crippen LogP contribution in [-0.4, -0.2) is 35.7 Å². The molecule has 0 aromatic heterocycles. The van der Waals surface area contributed by atoms with Gasteiger partial charge < -0.3 is 19.7 Å². The van der Waals surface area contributed by atoms with Gasteiger partial charge in [0.15, 0.2) is 0 Å². The van der Waals surface area contributed by atoms with Gasteiger partial charge >= 0.3 is 5.97 Å². The quantitative estimate of drug-likeness (QED) is 0.738. The van der Waals surface area contributed by atoms with Gasteiger partial charge in [0.1, 0.15) is 0 Å². The first-order valence-electron chi connectivity index (χ1n) is 5.94. The summed E-state index contributed by atoms with van der Waals surface area (Å²) in [4.78, 5) is 10.9. The van der Waals surface area contributed by atoms with Crippen LogP contribution in [0.25, 0.3) is 0 Å². The number of hydrogen-bond acceptors (Lipinski definition) is 4. The van der Waals surface area contributed by atoms with Gasteiger partial charge in [0, 0.05) is 19.1 Å². The van der Waals surface area contributed by atoms with E-state index >= 15 is 0 Å². The first-order chi connectivity index (χ1) is 8.10. The number of aliphatic carboxylic acids is 1. The highest BCUT2D eigenvalue weighted by Crippen LogP contribution is 2.32. The van der Waals surface area contributed by atoms with Gasteiger partial charge in [-0.25, -0.2) is 4.79 Å². The monoisotopic (exact) mass is 244 g/mol. The van der Waals surface area contributed by atoms with Gasteiger partial charge in [-0.05, 0) is 31.8 Å². The topological polar surface area (TPSA) is 76.0 Å². The fraction of sp³-hybridized carbons (Fsp3) is 0.750. The van der Waals surface area contributed by atoms with Gasteiger partial charge in [-0.3, -0.25) is 0 Å². The molecule has 0 unspecified atom stereocenters. The molecule has 0 amide bonds. The second-order valence-electron chi connectivity index (χ2n) is 4.17. The standard InChI is InChI=1S/C12H20O5/c1-3-16-12-9(5-4-6-13)8(2)7-10(17-12)11(14)15/h7-9,12-13H,3-6H2,1-2H3,(H,14,15)/t8-,9+,12+/m1/s1. The maximum atomic E-state index is 10.9. The molecule has 2 N–H and O–H groups in total. The second-order valence-corrected chi connectivity index (χ2v) is 4.17. The van der Waals surface area contributed by atoms with Crippen LogP contribution in [0.15, 0.2) is 11.8 Å². The van der Waals surface area contributed by atoms with Gasteiger partial charge in [-0.1, -0.05) is 6.92 Å². The lowest BCUT2D eigenvalue weighted by Crippen LogP contribution is -2.36. The van der Waals surface area contributed by atoms with E-state index in [0.29, 0.717) is 13.0 Å². The molecule has 1 rings (SSSR count). The molecule has 5 nitrogen and oxygen atoms in total. The summed E-state index contributed by atoms with van der Waals surface area (Å²) in [6, 6.07) is 0. The summed E-state index contributed by atoms with van der Waals surface area (Å²) in [7, 11) is 0. The van der Waals surface area contributed by atoms with Crippen LogP contribution in [0, 0.1) is 11.8 Å².